The lowest BCUT2D eigenvalue weighted by atomic mass is 9.89. The smallest absolute Gasteiger partial charge is 0.308 e. The predicted octanol–water partition coefficient (Wildman–Crippen LogP) is 1.11. The van der Waals surface area contributed by atoms with E-state index in [1.165, 1.54) is 6.42 Å². The topological polar surface area (TPSA) is 87.7 Å². The lowest BCUT2D eigenvalue weighted by molar-refractivity contribution is -0.147. The molecule has 1 heterocycles. The largest absolute Gasteiger partial charge is 0.466 e. The molecule has 2 N–H and O–H groups in total. The van der Waals surface area contributed by atoms with Gasteiger partial charge in [-0.2, -0.15) is 0 Å². The van der Waals surface area contributed by atoms with E-state index in [9.17, 15) is 14.4 Å². The standard InChI is InChI=1S/C17H27N3O4S/c1-2-10-24-14(21)11-13-16(23)18-8-9-20(13)17(25)19-15(22)12-6-4-3-5-7-12/h12-13H,2-11H2,1H3,(H,18,23)(H,19,22,25)/t13-/m1/s1. The van der Waals surface area contributed by atoms with Crippen molar-refractivity contribution in [2.75, 3.05) is 19.7 Å². The fourth-order valence-corrected chi connectivity index (χ4v) is 3.56. The Morgan fingerprint density at radius 1 is 1.32 bits per heavy atom. The highest BCUT2D eigenvalue weighted by Crippen LogP contribution is 2.23. The van der Waals surface area contributed by atoms with Crippen LogP contribution in [0.1, 0.15) is 51.9 Å². The summed E-state index contributed by atoms with van der Waals surface area (Å²) in [7, 11) is 0. The predicted molar refractivity (Wildman–Crippen MR) is 96.7 cm³/mol. The Hall–Kier alpha value is -1.70. The molecule has 0 aromatic rings. The zero-order chi connectivity index (χ0) is 18.2. The van der Waals surface area contributed by atoms with Crippen molar-refractivity contribution < 1.29 is 19.1 Å². The number of ether oxygens (including phenoxy) is 1. The third kappa shape index (κ3) is 5.66. The van der Waals surface area contributed by atoms with E-state index in [-0.39, 0.29) is 29.3 Å². The first kappa shape index (κ1) is 19.6. The van der Waals surface area contributed by atoms with Gasteiger partial charge in [-0.3, -0.25) is 14.4 Å². The quantitative estimate of drug-likeness (QED) is 0.558. The van der Waals surface area contributed by atoms with Gasteiger partial charge in [0.25, 0.3) is 0 Å². The summed E-state index contributed by atoms with van der Waals surface area (Å²) in [5.74, 6) is -0.800. The van der Waals surface area contributed by atoms with E-state index in [1.807, 2.05) is 6.92 Å². The molecule has 1 atom stereocenters. The number of hydrogen-bond acceptors (Lipinski definition) is 5. The summed E-state index contributed by atoms with van der Waals surface area (Å²) in [6.45, 7) is 3.12. The van der Waals surface area contributed by atoms with Gasteiger partial charge in [0, 0.05) is 19.0 Å². The van der Waals surface area contributed by atoms with E-state index in [2.05, 4.69) is 10.6 Å². The summed E-state index contributed by atoms with van der Waals surface area (Å²) in [5.41, 5.74) is 0. The molecule has 1 saturated carbocycles. The number of carbonyl (C=O) groups is 3. The van der Waals surface area contributed by atoms with Crippen molar-refractivity contribution in [2.45, 2.75) is 57.9 Å². The van der Waals surface area contributed by atoms with Crippen LogP contribution in [0.15, 0.2) is 0 Å². The highest BCUT2D eigenvalue weighted by molar-refractivity contribution is 7.80. The molecule has 1 saturated heterocycles. The van der Waals surface area contributed by atoms with Crippen LogP contribution >= 0.6 is 12.2 Å². The highest BCUT2D eigenvalue weighted by atomic mass is 32.1. The number of amides is 2. The number of carbonyl (C=O) groups excluding carboxylic acids is 3. The molecule has 8 heteroatoms. The second-order valence-electron chi connectivity index (χ2n) is 6.55. The molecule has 7 nitrogen and oxygen atoms in total. The van der Waals surface area contributed by atoms with Gasteiger partial charge in [-0.25, -0.2) is 0 Å². The number of nitrogens with zero attached hydrogens (tertiary/aromatic N) is 1. The van der Waals surface area contributed by atoms with E-state index in [4.69, 9.17) is 17.0 Å². The molecular weight excluding hydrogens is 342 g/mol. The van der Waals surface area contributed by atoms with Crippen molar-refractivity contribution in [1.29, 1.82) is 0 Å². The Bertz CT molecular complexity index is 520. The second kappa shape index (κ2) is 9.70. The van der Waals surface area contributed by atoms with Crippen LogP contribution in [-0.4, -0.2) is 53.5 Å². The third-order valence-corrected chi connectivity index (χ3v) is 4.96. The van der Waals surface area contributed by atoms with Crippen molar-refractivity contribution >= 4 is 35.1 Å². The van der Waals surface area contributed by atoms with Crippen LogP contribution in [-0.2, 0) is 19.1 Å². The maximum absolute atomic E-state index is 12.4. The number of esters is 1. The molecule has 1 aliphatic carbocycles. The van der Waals surface area contributed by atoms with Crippen LogP contribution in [0.2, 0.25) is 0 Å². The van der Waals surface area contributed by atoms with Crippen molar-refractivity contribution in [1.82, 2.24) is 15.5 Å². The molecule has 1 aliphatic heterocycles. The minimum atomic E-state index is -0.739. The molecule has 0 aromatic heterocycles. The minimum Gasteiger partial charge on any atom is -0.466 e. The van der Waals surface area contributed by atoms with Gasteiger partial charge in [0.05, 0.1) is 13.0 Å². The fraction of sp³-hybridized carbons (Fsp3) is 0.765. The second-order valence-corrected chi connectivity index (χ2v) is 6.94. The van der Waals surface area contributed by atoms with Crippen LogP contribution in [0.4, 0.5) is 0 Å². The first-order valence-electron chi connectivity index (χ1n) is 9.07. The summed E-state index contributed by atoms with van der Waals surface area (Å²) in [4.78, 5) is 38.1. The number of nitrogens with one attached hydrogen (secondary N) is 2. The van der Waals surface area contributed by atoms with Gasteiger partial charge in [0.1, 0.15) is 6.04 Å². The van der Waals surface area contributed by atoms with Crippen LogP contribution in [0.25, 0.3) is 0 Å². The summed E-state index contributed by atoms with van der Waals surface area (Å²) in [6.07, 6.45) is 5.69. The molecule has 0 bridgehead atoms. The molecule has 25 heavy (non-hydrogen) atoms. The van der Waals surface area contributed by atoms with Crippen LogP contribution < -0.4 is 10.6 Å². The SMILES string of the molecule is CCCOC(=O)C[C@@H]1C(=O)NCCN1C(=S)NC(=O)C1CCCCC1. The number of rotatable bonds is 5. The van der Waals surface area contributed by atoms with Crippen LogP contribution in [0.5, 0.6) is 0 Å². The first-order chi connectivity index (χ1) is 12.0. The number of hydrogen-bond donors (Lipinski definition) is 2. The van der Waals surface area contributed by atoms with E-state index in [0.29, 0.717) is 19.7 Å². The van der Waals surface area contributed by atoms with Crippen molar-refractivity contribution in [3.8, 4) is 0 Å². The summed E-state index contributed by atoms with van der Waals surface area (Å²) < 4.78 is 5.07. The summed E-state index contributed by atoms with van der Waals surface area (Å²) >= 11 is 5.35. The Balaban J connectivity index is 1.95. The number of piperazine rings is 1. The Morgan fingerprint density at radius 3 is 2.72 bits per heavy atom. The number of thiocarbonyl (C=S) groups is 1. The molecule has 0 aromatic carbocycles. The average molecular weight is 369 g/mol. The maximum Gasteiger partial charge on any atom is 0.308 e. The minimum absolute atomic E-state index is 0.0155. The monoisotopic (exact) mass is 369 g/mol. The van der Waals surface area contributed by atoms with E-state index < -0.39 is 12.0 Å². The van der Waals surface area contributed by atoms with Crippen LogP contribution in [0, 0.1) is 5.92 Å². The Labute approximate surface area is 153 Å². The van der Waals surface area contributed by atoms with Crippen molar-refractivity contribution in [2.24, 2.45) is 5.92 Å². The van der Waals surface area contributed by atoms with E-state index >= 15 is 0 Å². The van der Waals surface area contributed by atoms with Gasteiger partial charge in [-0.05, 0) is 31.5 Å². The fourth-order valence-electron chi connectivity index (χ4n) is 3.24. The van der Waals surface area contributed by atoms with Gasteiger partial charge in [-0.15, -0.1) is 0 Å². The third-order valence-electron chi connectivity index (χ3n) is 4.62. The zero-order valence-electron chi connectivity index (χ0n) is 14.7. The zero-order valence-corrected chi connectivity index (χ0v) is 15.5. The highest BCUT2D eigenvalue weighted by Gasteiger charge is 2.34. The maximum atomic E-state index is 12.4. The molecule has 2 amide bonds. The van der Waals surface area contributed by atoms with Gasteiger partial charge < -0.3 is 20.3 Å². The molecule has 2 rings (SSSR count). The van der Waals surface area contributed by atoms with Gasteiger partial charge in [0.2, 0.25) is 11.8 Å². The van der Waals surface area contributed by atoms with Crippen molar-refractivity contribution in [3.05, 3.63) is 0 Å². The van der Waals surface area contributed by atoms with E-state index in [0.717, 1.165) is 32.1 Å². The molecule has 2 fully saturated rings. The van der Waals surface area contributed by atoms with Crippen LogP contribution in [0.3, 0.4) is 0 Å². The summed E-state index contributed by atoms with van der Waals surface area (Å²) in [5, 5.41) is 5.73. The molecule has 0 unspecified atom stereocenters. The average Bonchev–Trinajstić information content (AvgIpc) is 2.62. The Morgan fingerprint density at radius 2 is 2.04 bits per heavy atom. The molecule has 2 aliphatic rings. The first-order valence-corrected chi connectivity index (χ1v) is 9.48. The lowest BCUT2D eigenvalue weighted by Gasteiger charge is -2.36. The molecule has 0 spiro atoms. The van der Waals surface area contributed by atoms with E-state index in [1.54, 1.807) is 4.90 Å². The summed E-state index contributed by atoms with van der Waals surface area (Å²) in [6, 6.07) is -0.739. The normalized spacial score (nSPS) is 21.4. The van der Waals surface area contributed by atoms with Crippen molar-refractivity contribution in [3.63, 3.8) is 0 Å². The molecular formula is C17H27N3O4S. The van der Waals surface area contributed by atoms with Gasteiger partial charge in [-0.1, -0.05) is 26.2 Å². The molecule has 0 radical (unpaired) electrons. The van der Waals surface area contributed by atoms with Gasteiger partial charge >= 0.3 is 5.97 Å². The molecule has 140 valence electrons. The Kier molecular flexibility index (Phi) is 7.61. The van der Waals surface area contributed by atoms with Gasteiger partial charge in [0.15, 0.2) is 5.11 Å². The lowest BCUT2D eigenvalue weighted by Crippen LogP contribution is -2.60.